The van der Waals surface area contributed by atoms with Gasteiger partial charge in [0.15, 0.2) is 0 Å². The summed E-state index contributed by atoms with van der Waals surface area (Å²) in [7, 11) is 0. The van der Waals surface area contributed by atoms with Gasteiger partial charge in [-0.3, -0.25) is 4.79 Å². The van der Waals surface area contributed by atoms with Crippen molar-refractivity contribution in [2.45, 2.75) is 40.0 Å². The second-order valence-corrected chi connectivity index (χ2v) is 11.7. The summed E-state index contributed by atoms with van der Waals surface area (Å²) in [6, 6.07) is 19.6. The third-order valence-electron chi connectivity index (χ3n) is 7.09. The number of benzene rings is 2. The first-order valence-corrected chi connectivity index (χ1v) is 13.5. The predicted octanol–water partition coefficient (Wildman–Crippen LogP) is 7.86. The topological polar surface area (TPSA) is 91.9 Å². The van der Waals surface area contributed by atoms with Gasteiger partial charge in [0.25, 0.3) is 5.91 Å². The maximum absolute atomic E-state index is 13.5. The Bertz CT molecular complexity index is 1510. The summed E-state index contributed by atoms with van der Waals surface area (Å²) in [4.78, 5) is 31.1. The normalized spacial score (nSPS) is 15.4. The second-order valence-electron chi connectivity index (χ2n) is 10.6. The molecule has 0 aliphatic heterocycles. The van der Waals surface area contributed by atoms with E-state index in [1.54, 1.807) is 53.9 Å². The molecule has 1 aliphatic carbocycles. The van der Waals surface area contributed by atoms with Crippen molar-refractivity contribution in [1.82, 2.24) is 0 Å². The van der Waals surface area contributed by atoms with E-state index in [4.69, 9.17) is 9.41 Å². The third kappa shape index (κ3) is 5.34. The fourth-order valence-electron chi connectivity index (χ4n) is 4.92. The molecule has 7 heteroatoms. The van der Waals surface area contributed by atoms with E-state index in [2.05, 4.69) is 26.1 Å². The zero-order chi connectivity index (χ0) is 26.9. The van der Waals surface area contributed by atoms with Crippen LogP contribution < -0.4 is 5.32 Å². The van der Waals surface area contributed by atoms with Gasteiger partial charge in [-0.15, -0.1) is 11.3 Å². The molecular weight excluding hydrogens is 496 g/mol. The summed E-state index contributed by atoms with van der Waals surface area (Å²) in [5.41, 5.74) is 3.32. The molecule has 0 spiro atoms. The molecule has 4 aromatic rings. The molecule has 0 radical (unpaired) electrons. The second kappa shape index (κ2) is 10.4. The van der Waals surface area contributed by atoms with Crippen LogP contribution in [0.15, 0.2) is 76.1 Å². The van der Waals surface area contributed by atoms with Gasteiger partial charge in [-0.25, -0.2) is 9.79 Å². The lowest BCUT2D eigenvalue weighted by Gasteiger charge is -2.33. The lowest BCUT2D eigenvalue weighted by Crippen LogP contribution is -2.27. The van der Waals surface area contributed by atoms with Crippen molar-refractivity contribution in [1.29, 1.82) is 0 Å². The number of nitrogens with zero attached hydrogens (tertiary/aromatic N) is 1. The first-order chi connectivity index (χ1) is 18.2. The molecule has 1 amide bonds. The lowest BCUT2D eigenvalue weighted by molar-refractivity contribution is 0.0697. The highest BCUT2D eigenvalue weighted by Gasteiger charge is 2.33. The molecule has 2 heterocycles. The molecule has 1 atom stereocenters. The largest absolute Gasteiger partial charge is 0.478 e. The van der Waals surface area contributed by atoms with Crippen molar-refractivity contribution >= 4 is 40.1 Å². The summed E-state index contributed by atoms with van der Waals surface area (Å²) in [6.45, 7) is 6.82. The molecule has 0 saturated heterocycles. The summed E-state index contributed by atoms with van der Waals surface area (Å²) in [6.07, 6.45) is 4.41. The first-order valence-electron chi connectivity index (χ1n) is 12.7. The Kier molecular flexibility index (Phi) is 7.04. The quantitative estimate of drug-likeness (QED) is 0.250. The van der Waals surface area contributed by atoms with Gasteiger partial charge < -0.3 is 14.8 Å². The highest BCUT2D eigenvalue weighted by Crippen LogP contribution is 2.45. The van der Waals surface area contributed by atoms with Crippen molar-refractivity contribution in [3.63, 3.8) is 0 Å². The van der Waals surface area contributed by atoms with E-state index >= 15 is 0 Å². The van der Waals surface area contributed by atoms with Gasteiger partial charge >= 0.3 is 5.97 Å². The minimum absolute atomic E-state index is 0.162. The van der Waals surface area contributed by atoms with Crippen LogP contribution in [0.3, 0.4) is 0 Å². The Morgan fingerprint density at radius 3 is 2.53 bits per heavy atom. The van der Waals surface area contributed by atoms with E-state index in [1.807, 2.05) is 30.3 Å². The molecule has 2 N–H and O–H groups in total. The van der Waals surface area contributed by atoms with E-state index < -0.39 is 5.97 Å². The Labute approximate surface area is 226 Å². The van der Waals surface area contributed by atoms with Crippen molar-refractivity contribution in [3.8, 4) is 11.3 Å². The number of nitrogens with one attached hydrogen (secondary N) is 1. The van der Waals surface area contributed by atoms with Crippen LogP contribution in [0.4, 0.5) is 10.7 Å². The van der Waals surface area contributed by atoms with Gasteiger partial charge in [0.05, 0.1) is 17.3 Å². The molecule has 194 valence electrons. The number of furan rings is 1. The number of carboxylic acid groups (broad SMARTS) is 1. The third-order valence-corrected chi connectivity index (χ3v) is 8.25. The molecule has 0 bridgehead atoms. The highest BCUT2D eigenvalue weighted by molar-refractivity contribution is 7.16. The fourth-order valence-corrected chi connectivity index (χ4v) is 6.19. The van der Waals surface area contributed by atoms with Crippen LogP contribution in [0.1, 0.15) is 64.1 Å². The minimum atomic E-state index is -1.01. The zero-order valence-corrected chi connectivity index (χ0v) is 22.5. The number of aromatic carboxylic acids is 1. The van der Waals surface area contributed by atoms with E-state index in [0.717, 1.165) is 30.5 Å². The molecule has 2 aromatic carbocycles. The van der Waals surface area contributed by atoms with Gasteiger partial charge in [-0.2, -0.15) is 0 Å². The predicted molar refractivity (Wildman–Crippen MR) is 152 cm³/mol. The molecule has 2 aromatic heterocycles. The van der Waals surface area contributed by atoms with E-state index in [-0.39, 0.29) is 16.9 Å². The molecule has 38 heavy (non-hydrogen) atoms. The monoisotopic (exact) mass is 526 g/mol. The maximum atomic E-state index is 13.5. The van der Waals surface area contributed by atoms with Crippen molar-refractivity contribution in [2.24, 2.45) is 16.3 Å². The van der Waals surface area contributed by atoms with Crippen LogP contribution in [0, 0.1) is 11.3 Å². The number of carbonyl (C=O) groups is 2. The molecule has 0 saturated carbocycles. The number of para-hydroxylation sites is 1. The number of hydrogen-bond donors (Lipinski definition) is 2. The number of rotatable bonds is 6. The number of carbonyl (C=O) groups excluding carboxylic acids is 1. The average Bonchev–Trinajstić information content (AvgIpc) is 3.51. The van der Waals surface area contributed by atoms with Gasteiger partial charge in [0.2, 0.25) is 0 Å². The van der Waals surface area contributed by atoms with Crippen LogP contribution in [-0.2, 0) is 12.8 Å². The Morgan fingerprint density at radius 1 is 1.05 bits per heavy atom. The van der Waals surface area contributed by atoms with Gasteiger partial charge in [-0.1, -0.05) is 57.2 Å². The number of thiophene rings is 1. The molecule has 0 fully saturated rings. The summed E-state index contributed by atoms with van der Waals surface area (Å²) < 4.78 is 5.93. The molecule has 1 aliphatic rings. The Morgan fingerprint density at radius 2 is 1.79 bits per heavy atom. The van der Waals surface area contributed by atoms with Crippen molar-refractivity contribution < 1.29 is 19.1 Å². The first kappa shape index (κ1) is 25.7. The molecule has 6 nitrogen and oxygen atoms in total. The number of hydrogen-bond acceptors (Lipinski definition) is 5. The highest BCUT2D eigenvalue weighted by atomic mass is 32.1. The molecular formula is C31H30N2O4S. The zero-order valence-electron chi connectivity index (χ0n) is 21.7. The average molecular weight is 527 g/mol. The van der Waals surface area contributed by atoms with Crippen LogP contribution in [0.5, 0.6) is 0 Å². The summed E-state index contributed by atoms with van der Waals surface area (Å²) in [5.74, 6) is 0.292. The van der Waals surface area contributed by atoms with Gasteiger partial charge in [0, 0.05) is 16.1 Å². The molecule has 5 rings (SSSR count). The van der Waals surface area contributed by atoms with Gasteiger partial charge in [-0.05, 0) is 66.5 Å². The minimum Gasteiger partial charge on any atom is -0.478 e. The smallest absolute Gasteiger partial charge is 0.336 e. The van der Waals surface area contributed by atoms with E-state index in [9.17, 15) is 14.7 Å². The number of aliphatic imine (C=N–C) groups is 1. The van der Waals surface area contributed by atoms with Gasteiger partial charge in [0.1, 0.15) is 16.5 Å². The fraction of sp³-hybridized carbons (Fsp3) is 0.258. The van der Waals surface area contributed by atoms with Crippen LogP contribution in [0.25, 0.3) is 11.3 Å². The number of carboxylic acids is 1. The number of fused-ring (bicyclic) bond motifs is 1. The Balaban J connectivity index is 1.48. The summed E-state index contributed by atoms with van der Waals surface area (Å²) in [5, 5.41) is 13.2. The number of amides is 1. The van der Waals surface area contributed by atoms with Crippen molar-refractivity contribution in [2.75, 3.05) is 5.32 Å². The standard InChI is InChI=1S/C31H30N2O4S/c1-31(2,3)19-13-15-24-26(17-19)38-29(27(24)28(34)33-20-9-5-4-6-10-20)32-18-21-14-16-25(37-21)22-11-7-8-12-23(22)30(35)36/h4-12,14,16,18-19H,13,15,17H2,1-3H3,(H,33,34)(H,35,36)/t19-/m0/s1. The lowest BCUT2D eigenvalue weighted by atomic mass is 9.72. The van der Waals surface area contributed by atoms with Crippen LogP contribution in [0.2, 0.25) is 0 Å². The van der Waals surface area contributed by atoms with Crippen molar-refractivity contribution in [3.05, 3.63) is 94.1 Å². The SMILES string of the molecule is CC(C)(C)[C@H]1CCc2c(sc(N=Cc3ccc(-c4ccccc4C(=O)O)o3)c2C(=O)Nc2ccccc2)C1. The molecule has 0 unspecified atom stereocenters. The van der Waals surface area contributed by atoms with E-state index in [0.29, 0.717) is 33.6 Å². The van der Waals surface area contributed by atoms with Crippen LogP contribution in [-0.4, -0.2) is 23.2 Å². The summed E-state index contributed by atoms with van der Waals surface area (Å²) >= 11 is 1.57. The van der Waals surface area contributed by atoms with Crippen LogP contribution >= 0.6 is 11.3 Å². The Hall–Kier alpha value is -3.97. The number of anilines is 1. The van der Waals surface area contributed by atoms with E-state index in [1.165, 1.54) is 4.88 Å². The maximum Gasteiger partial charge on any atom is 0.336 e.